The third kappa shape index (κ3) is 3.16. The van der Waals surface area contributed by atoms with Gasteiger partial charge in [0.25, 0.3) is 0 Å². The Labute approximate surface area is 152 Å². The summed E-state index contributed by atoms with van der Waals surface area (Å²) in [5.74, 6) is 0.965. The molecule has 0 spiro atoms. The summed E-state index contributed by atoms with van der Waals surface area (Å²) in [5.41, 5.74) is 4.37. The quantitative estimate of drug-likeness (QED) is 0.452. The molecule has 0 aliphatic heterocycles. The van der Waals surface area contributed by atoms with Crippen LogP contribution in [0.5, 0.6) is 0 Å². The largest absolute Gasteiger partial charge is 0.319 e. The van der Waals surface area contributed by atoms with Gasteiger partial charge >= 0.3 is 0 Å². The average Bonchev–Trinajstić information content (AvgIpc) is 2.94. The van der Waals surface area contributed by atoms with E-state index in [-0.39, 0.29) is 12.4 Å². The lowest BCUT2D eigenvalue weighted by atomic mass is 10.2. The topological polar surface area (TPSA) is 17.8 Å². The van der Waals surface area contributed by atoms with Crippen LogP contribution in [0.3, 0.4) is 0 Å². The van der Waals surface area contributed by atoms with Crippen LogP contribution in [0.2, 0.25) is 5.02 Å². The molecule has 0 unspecified atom stereocenters. The second-order valence-corrected chi connectivity index (χ2v) is 5.94. The van der Waals surface area contributed by atoms with Gasteiger partial charge in [0, 0.05) is 17.1 Å². The van der Waals surface area contributed by atoms with E-state index in [2.05, 4.69) is 41.0 Å². The molecule has 0 saturated heterocycles. The highest BCUT2D eigenvalue weighted by molar-refractivity contribution is 6.31. The maximum absolute atomic E-state index is 6.14. The van der Waals surface area contributed by atoms with Gasteiger partial charge < -0.3 is 4.57 Å². The molecular weight excluding hydrogens is 339 g/mol. The fourth-order valence-corrected chi connectivity index (χ4v) is 3.00. The van der Waals surface area contributed by atoms with E-state index in [0.29, 0.717) is 5.02 Å². The molecule has 0 bridgehead atoms. The van der Waals surface area contributed by atoms with Gasteiger partial charge in [-0.2, -0.15) is 0 Å². The molecule has 0 atom stereocenters. The van der Waals surface area contributed by atoms with Crippen LogP contribution in [-0.4, -0.2) is 9.55 Å². The van der Waals surface area contributed by atoms with E-state index < -0.39 is 0 Å². The Morgan fingerprint density at radius 1 is 0.833 bits per heavy atom. The zero-order valence-electron chi connectivity index (χ0n) is 12.9. The van der Waals surface area contributed by atoms with E-state index in [9.17, 15) is 0 Å². The molecule has 3 aromatic carbocycles. The highest BCUT2D eigenvalue weighted by Gasteiger charge is 2.13. The number of hydrogen-bond acceptors (Lipinski definition) is 1. The van der Waals surface area contributed by atoms with Crippen molar-refractivity contribution in [1.29, 1.82) is 0 Å². The van der Waals surface area contributed by atoms with Crippen LogP contribution in [0, 0.1) is 0 Å². The minimum absolute atomic E-state index is 0. The van der Waals surface area contributed by atoms with E-state index in [1.807, 2.05) is 42.5 Å². The summed E-state index contributed by atoms with van der Waals surface area (Å²) < 4.78 is 2.25. The minimum atomic E-state index is 0. The van der Waals surface area contributed by atoms with Crippen molar-refractivity contribution in [3.63, 3.8) is 0 Å². The van der Waals surface area contributed by atoms with Crippen LogP contribution in [0.25, 0.3) is 22.4 Å². The van der Waals surface area contributed by atoms with E-state index in [1.165, 1.54) is 5.56 Å². The summed E-state index contributed by atoms with van der Waals surface area (Å²) in [6.07, 6.45) is 0. The van der Waals surface area contributed by atoms with Gasteiger partial charge in [-0.15, -0.1) is 12.4 Å². The van der Waals surface area contributed by atoms with Gasteiger partial charge in [-0.1, -0.05) is 72.3 Å². The molecule has 0 aliphatic carbocycles. The molecule has 120 valence electrons. The Morgan fingerprint density at radius 3 is 2.21 bits per heavy atom. The maximum atomic E-state index is 6.14. The van der Waals surface area contributed by atoms with Crippen molar-refractivity contribution in [2.45, 2.75) is 6.54 Å². The Kier molecular flexibility index (Phi) is 4.89. The summed E-state index contributed by atoms with van der Waals surface area (Å²) in [4.78, 5) is 4.82. The second kappa shape index (κ2) is 7.08. The number of imidazole rings is 1. The molecule has 4 rings (SSSR count). The fourth-order valence-electron chi connectivity index (χ4n) is 2.84. The second-order valence-electron chi connectivity index (χ2n) is 5.51. The number of fused-ring (bicyclic) bond motifs is 1. The van der Waals surface area contributed by atoms with Crippen LogP contribution in [-0.2, 0) is 6.54 Å². The van der Waals surface area contributed by atoms with E-state index >= 15 is 0 Å². The Morgan fingerprint density at radius 2 is 1.50 bits per heavy atom. The zero-order chi connectivity index (χ0) is 15.6. The summed E-state index contributed by atoms with van der Waals surface area (Å²) in [7, 11) is 0. The monoisotopic (exact) mass is 354 g/mol. The fraction of sp³-hybridized carbons (Fsp3) is 0.0500. The molecular formula is C20H16Cl2N2. The minimum Gasteiger partial charge on any atom is -0.319 e. The molecule has 24 heavy (non-hydrogen) atoms. The van der Waals surface area contributed by atoms with Gasteiger partial charge in [-0.3, -0.25) is 0 Å². The van der Waals surface area contributed by atoms with Gasteiger partial charge in [0.15, 0.2) is 0 Å². The van der Waals surface area contributed by atoms with Crippen molar-refractivity contribution in [2.24, 2.45) is 0 Å². The number of halogens is 2. The smallest absolute Gasteiger partial charge is 0.141 e. The van der Waals surface area contributed by atoms with Gasteiger partial charge in [0.1, 0.15) is 5.82 Å². The van der Waals surface area contributed by atoms with Crippen molar-refractivity contribution in [3.05, 3.63) is 89.4 Å². The van der Waals surface area contributed by atoms with Crippen molar-refractivity contribution in [3.8, 4) is 11.4 Å². The molecule has 0 N–H and O–H groups in total. The predicted octanol–water partition coefficient (Wildman–Crippen LogP) is 5.83. The van der Waals surface area contributed by atoms with E-state index in [4.69, 9.17) is 16.6 Å². The maximum Gasteiger partial charge on any atom is 0.141 e. The van der Waals surface area contributed by atoms with Gasteiger partial charge in [0.2, 0.25) is 0 Å². The molecule has 4 heteroatoms. The van der Waals surface area contributed by atoms with E-state index in [1.54, 1.807) is 0 Å². The van der Waals surface area contributed by atoms with Crippen molar-refractivity contribution < 1.29 is 0 Å². The first kappa shape index (κ1) is 16.6. The summed E-state index contributed by atoms with van der Waals surface area (Å²) in [6, 6.07) is 26.6. The lowest BCUT2D eigenvalue weighted by molar-refractivity contribution is 0.834. The molecule has 2 nitrogen and oxygen atoms in total. The highest BCUT2D eigenvalue weighted by atomic mass is 35.5. The number of aromatic nitrogens is 2. The first-order chi connectivity index (χ1) is 11.3. The normalized spacial score (nSPS) is 10.5. The van der Waals surface area contributed by atoms with Crippen LogP contribution in [0.4, 0.5) is 0 Å². The van der Waals surface area contributed by atoms with Crippen LogP contribution >= 0.6 is 24.0 Å². The third-order valence-electron chi connectivity index (χ3n) is 3.93. The van der Waals surface area contributed by atoms with Crippen molar-refractivity contribution in [2.75, 3.05) is 0 Å². The zero-order valence-corrected chi connectivity index (χ0v) is 14.5. The third-order valence-corrected chi connectivity index (χ3v) is 4.16. The molecule has 0 saturated carbocycles. The Hall–Kier alpha value is -2.29. The first-order valence-corrected chi connectivity index (χ1v) is 7.94. The number of rotatable bonds is 3. The van der Waals surface area contributed by atoms with Crippen molar-refractivity contribution >= 4 is 35.0 Å². The van der Waals surface area contributed by atoms with E-state index in [0.717, 1.165) is 29.0 Å². The SMILES string of the molecule is Cl.Clc1ccc2c(c1)nc(-c1ccccc1)n2Cc1ccccc1. The molecule has 1 aromatic heterocycles. The first-order valence-electron chi connectivity index (χ1n) is 7.56. The molecule has 0 fully saturated rings. The number of hydrogen-bond donors (Lipinski definition) is 0. The Bertz CT molecular complexity index is 947. The Balaban J connectivity index is 0.00000169. The number of benzene rings is 3. The molecule has 0 aliphatic rings. The van der Waals surface area contributed by atoms with Crippen LogP contribution < -0.4 is 0 Å². The van der Waals surface area contributed by atoms with Gasteiger partial charge in [-0.05, 0) is 23.8 Å². The highest BCUT2D eigenvalue weighted by Crippen LogP contribution is 2.27. The summed E-state index contributed by atoms with van der Waals surface area (Å²) in [5, 5.41) is 0.710. The molecule has 0 radical (unpaired) electrons. The predicted molar refractivity (Wildman–Crippen MR) is 103 cm³/mol. The summed E-state index contributed by atoms with van der Waals surface area (Å²) >= 11 is 6.14. The molecule has 4 aromatic rings. The lowest BCUT2D eigenvalue weighted by Crippen LogP contribution is -2.02. The van der Waals surface area contributed by atoms with Gasteiger partial charge in [-0.25, -0.2) is 4.98 Å². The average molecular weight is 355 g/mol. The molecule has 0 amide bonds. The standard InChI is InChI=1S/C20H15ClN2.ClH/c21-17-11-12-19-18(13-17)22-20(16-9-5-2-6-10-16)23(19)14-15-7-3-1-4-8-15;/h1-13H,14H2;1H. The van der Waals surface area contributed by atoms with Gasteiger partial charge in [0.05, 0.1) is 11.0 Å². The molecule has 1 heterocycles. The van der Waals surface area contributed by atoms with Crippen molar-refractivity contribution in [1.82, 2.24) is 9.55 Å². The summed E-state index contributed by atoms with van der Waals surface area (Å²) in [6.45, 7) is 0.781. The number of nitrogens with zero attached hydrogens (tertiary/aromatic N) is 2. The van der Waals surface area contributed by atoms with Crippen LogP contribution in [0.15, 0.2) is 78.9 Å². The van der Waals surface area contributed by atoms with Crippen LogP contribution in [0.1, 0.15) is 5.56 Å². The lowest BCUT2D eigenvalue weighted by Gasteiger charge is -2.09.